The molecule has 5 nitrogen and oxygen atoms in total. The number of aryl methyl sites for hydroxylation is 1. The summed E-state index contributed by atoms with van der Waals surface area (Å²) in [5, 5.41) is 7.01. The smallest absolute Gasteiger partial charge is 0.271 e. The van der Waals surface area contributed by atoms with E-state index in [9.17, 15) is 4.79 Å². The summed E-state index contributed by atoms with van der Waals surface area (Å²) < 4.78 is 1.67. The van der Waals surface area contributed by atoms with Gasteiger partial charge in [0.25, 0.3) is 0 Å². The van der Waals surface area contributed by atoms with Crippen molar-refractivity contribution in [3.05, 3.63) is 45.4 Å². The van der Waals surface area contributed by atoms with Gasteiger partial charge in [-0.3, -0.25) is 9.55 Å². The first-order valence-electron chi connectivity index (χ1n) is 5.02. The first-order valence-corrected chi connectivity index (χ1v) is 5.40. The third kappa shape index (κ3) is 1.36. The molecule has 1 aliphatic heterocycles. The van der Waals surface area contributed by atoms with Crippen LogP contribution in [-0.2, 0) is 6.42 Å². The van der Waals surface area contributed by atoms with Crippen LogP contribution in [0.5, 0.6) is 0 Å². The van der Waals surface area contributed by atoms with Gasteiger partial charge in [-0.25, -0.2) is 9.89 Å². The molecule has 0 aliphatic carbocycles. The highest BCUT2D eigenvalue weighted by Crippen LogP contribution is 2.29. The fourth-order valence-electron chi connectivity index (χ4n) is 2.16. The summed E-state index contributed by atoms with van der Waals surface area (Å²) in [6.45, 7) is 0. The molecule has 1 aliphatic rings. The van der Waals surface area contributed by atoms with Gasteiger partial charge in [0.1, 0.15) is 5.82 Å². The molecule has 0 saturated heterocycles. The van der Waals surface area contributed by atoms with Crippen molar-refractivity contribution in [1.82, 2.24) is 19.7 Å². The van der Waals surface area contributed by atoms with Crippen LogP contribution in [-0.4, -0.2) is 19.7 Å². The second-order valence-electron chi connectivity index (χ2n) is 3.81. The summed E-state index contributed by atoms with van der Waals surface area (Å²) >= 11 is 5.89. The minimum Gasteiger partial charge on any atom is -0.271 e. The number of H-pyrrole nitrogens is 1. The molecule has 2 aromatic heterocycles. The highest BCUT2D eigenvalue weighted by molar-refractivity contribution is 6.30. The van der Waals surface area contributed by atoms with Gasteiger partial charge >= 0.3 is 5.69 Å². The molecule has 0 radical (unpaired) electrons. The van der Waals surface area contributed by atoms with Crippen LogP contribution in [0.15, 0.2) is 23.3 Å². The average molecular weight is 237 g/mol. The number of aromatic nitrogens is 4. The first-order chi connectivity index (χ1) is 7.75. The van der Waals surface area contributed by atoms with Crippen LogP contribution in [0.25, 0.3) is 0 Å². The maximum absolute atomic E-state index is 11.6. The van der Waals surface area contributed by atoms with E-state index >= 15 is 0 Å². The van der Waals surface area contributed by atoms with E-state index in [1.54, 1.807) is 17.0 Å². The lowest BCUT2D eigenvalue weighted by Crippen LogP contribution is -2.20. The van der Waals surface area contributed by atoms with Gasteiger partial charge in [0.05, 0.1) is 11.1 Å². The fraction of sp³-hybridized carbons (Fsp3) is 0.300. The normalized spacial score (nSPS) is 18.7. The molecule has 3 rings (SSSR count). The van der Waals surface area contributed by atoms with Gasteiger partial charge < -0.3 is 0 Å². The highest BCUT2D eigenvalue weighted by atomic mass is 35.5. The molecule has 2 aromatic rings. The largest absolute Gasteiger partial charge is 0.343 e. The zero-order valence-electron chi connectivity index (χ0n) is 8.35. The number of rotatable bonds is 1. The Morgan fingerprint density at radius 2 is 2.38 bits per heavy atom. The van der Waals surface area contributed by atoms with Gasteiger partial charge in [-0.1, -0.05) is 11.6 Å². The van der Waals surface area contributed by atoms with Gasteiger partial charge in [0, 0.05) is 18.8 Å². The Morgan fingerprint density at radius 1 is 1.50 bits per heavy atom. The van der Waals surface area contributed by atoms with E-state index in [0.29, 0.717) is 5.02 Å². The topological polar surface area (TPSA) is 63.6 Å². The third-order valence-corrected chi connectivity index (χ3v) is 3.05. The maximum atomic E-state index is 11.6. The van der Waals surface area contributed by atoms with Crippen molar-refractivity contribution in [1.29, 1.82) is 0 Å². The summed E-state index contributed by atoms with van der Waals surface area (Å²) in [6, 6.07) is 1.85. The maximum Gasteiger partial charge on any atom is 0.343 e. The lowest BCUT2D eigenvalue weighted by Gasteiger charge is -2.11. The number of hydrogen-bond donors (Lipinski definition) is 1. The molecule has 0 unspecified atom stereocenters. The fourth-order valence-corrected chi connectivity index (χ4v) is 2.34. The lowest BCUT2D eigenvalue weighted by atomic mass is 10.1. The van der Waals surface area contributed by atoms with Crippen LogP contribution < -0.4 is 5.69 Å². The lowest BCUT2D eigenvalue weighted by molar-refractivity contribution is 0.596. The molecule has 0 aromatic carbocycles. The highest BCUT2D eigenvalue weighted by Gasteiger charge is 2.27. The Bertz CT molecular complexity index is 589. The van der Waals surface area contributed by atoms with E-state index in [0.717, 1.165) is 24.2 Å². The Kier molecular flexibility index (Phi) is 2.07. The summed E-state index contributed by atoms with van der Waals surface area (Å²) in [5.41, 5.74) is 0.784. The number of fused-ring (bicyclic) bond motifs is 1. The number of hydrogen-bond acceptors (Lipinski definition) is 3. The van der Waals surface area contributed by atoms with E-state index in [4.69, 9.17) is 11.6 Å². The molecule has 6 heteroatoms. The van der Waals surface area contributed by atoms with Crippen molar-refractivity contribution in [2.75, 3.05) is 0 Å². The molecule has 0 fully saturated rings. The zero-order valence-corrected chi connectivity index (χ0v) is 9.11. The molecule has 0 spiro atoms. The van der Waals surface area contributed by atoms with Gasteiger partial charge in [-0.15, -0.1) is 0 Å². The predicted octanol–water partition coefficient (Wildman–Crippen LogP) is 1.16. The molecule has 0 saturated carbocycles. The van der Waals surface area contributed by atoms with E-state index in [2.05, 4.69) is 15.2 Å². The third-order valence-electron chi connectivity index (χ3n) is 2.84. The summed E-state index contributed by atoms with van der Waals surface area (Å²) in [5.74, 6) is 0.801. The molecule has 0 amide bonds. The van der Waals surface area contributed by atoms with Gasteiger partial charge in [0.15, 0.2) is 0 Å². The number of pyridine rings is 1. The molecule has 1 N–H and O–H groups in total. The van der Waals surface area contributed by atoms with Crippen molar-refractivity contribution in [3.8, 4) is 0 Å². The molecule has 0 bridgehead atoms. The van der Waals surface area contributed by atoms with Crippen LogP contribution >= 0.6 is 11.6 Å². The Labute approximate surface area is 96.1 Å². The van der Waals surface area contributed by atoms with E-state index in [-0.39, 0.29) is 11.7 Å². The molecule has 82 valence electrons. The van der Waals surface area contributed by atoms with Crippen LogP contribution in [0, 0.1) is 0 Å². The Balaban J connectivity index is 2.10. The van der Waals surface area contributed by atoms with Crippen LogP contribution in [0.4, 0.5) is 0 Å². The van der Waals surface area contributed by atoms with Crippen LogP contribution in [0.3, 0.4) is 0 Å². The number of nitrogens with one attached hydrogen (secondary N) is 1. The van der Waals surface area contributed by atoms with Gasteiger partial charge in [-0.2, -0.15) is 5.10 Å². The predicted molar refractivity (Wildman–Crippen MR) is 58.6 cm³/mol. The van der Waals surface area contributed by atoms with E-state index in [1.165, 1.54) is 0 Å². The minimum absolute atomic E-state index is 0.00690. The second-order valence-corrected chi connectivity index (χ2v) is 4.24. The first kappa shape index (κ1) is 9.59. The summed E-state index contributed by atoms with van der Waals surface area (Å²) in [7, 11) is 0. The monoisotopic (exact) mass is 236 g/mol. The second kappa shape index (κ2) is 3.45. The SMILES string of the molecule is O=c1[nH]nc2n1[C@@H](c1cncc(Cl)c1)CC2. The average Bonchev–Trinajstić information content (AvgIpc) is 2.82. The Morgan fingerprint density at radius 3 is 3.19 bits per heavy atom. The molecule has 1 atom stereocenters. The van der Waals surface area contributed by atoms with Crippen molar-refractivity contribution >= 4 is 11.6 Å². The molecule has 16 heavy (non-hydrogen) atoms. The summed E-state index contributed by atoms with van der Waals surface area (Å²) in [4.78, 5) is 15.6. The van der Waals surface area contributed by atoms with E-state index < -0.39 is 0 Å². The molecular weight excluding hydrogens is 228 g/mol. The van der Waals surface area contributed by atoms with Gasteiger partial charge in [-0.05, 0) is 18.1 Å². The standard InChI is InChI=1S/C10H9ClN4O/c11-7-3-6(4-12-5-7)8-1-2-9-13-14-10(16)15(8)9/h3-5,8H,1-2H2,(H,14,16)/t8-/m1/s1. The molecular formula is C10H9ClN4O. The van der Waals surface area contributed by atoms with Crippen molar-refractivity contribution in [2.24, 2.45) is 0 Å². The number of halogens is 1. The Hall–Kier alpha value is -1.62. The summed E-state index contributed by atoms with van der Waals surface area (Å²) in [6.07, 6.45) is 4.99. The van der Waals surface area contributed by atoms with Gasteiger partial charge in [0.2, 0.25) is 0 Å². The minimum atomic E-state index is -0.169. The van der Waals surface area contributed by atoms with Crippen LogP contribution in [0.2, 0.25) is 5.02 Å². The van der Waals surface area contributed by atoms with Crippen molar-refractivity contribution in [2.45, 2.75) is 18.9 Å². The zero-order chi connectivity index (χ0) is 11.1. The van der Waals surface area contributed by atoms with Crippen molar-refractivity contribution in [3.63, 3.8) is 0 Å². The quantitative estimate of drug-likeness (QED) is 0.808. The van der Waals surface area contributed by atoms with Crippen molar-refractivity contribution < 1.29 is 0 Å². The van der Waals surface area contributed by atoms with Crippen LogP contribution in [0.1, 0.15) is 23.9 Å². The molecule has 3 heterocycles. The number of nitrogens with zero attached hydrogens (tertiary/aromatic N) is 3. The van der Waals surface area contributed by atoms with E-state index in [1.807, 2.05) is 6.07 Å². The number of aromatic amines is 1.